The largest absolute Gasteiger partial charge is 0.496 e. The van der Waals surface area contributed by atoms with Crippen LogP contribution in [0, 0.1) is 0 Å². The number of hydrogen-bond acceptors (Lipinski definition) is 5. The molecular formula is C19H31N3O4S. The Hall–Kier alpha value is -1.64. The van der Waals surface area contributed by atoms with Gasteiger partial charge in [-0.15, -0.1) is 0 Å². The summed E-state index contributed by atoms with van der Waals surface area (Å²) in [6.45, 7) is 4.87. The minimum atomic E-state index is -3.88. The normalized spacial score (nSPS) is 17.8. The second kappa shape index (κ2) is 10.1. The first-order chi connectivity index (χ1) is 12.9. The molecule has 1 aromatic carbocycles. The van der Waals surface area contributed by atoms with E-state index in [-0.39, 0.29) is 16.4 Å². The summed E-state index contributed by atoms with van der Waals surface area (Å²) < 4.78 is 28.3. The molecule has 0 aromatic heterocycles. The van der Waals surface area contributed by atoms with Crippen LogP contribution >= 0.6 is 0 Å². The Bertz CT molecular complexity index is 736. The predicted molar refractivity (Wildman–Crippen MR) is 105 cm³/mol. The van der Waals surface area contributed by atoms with E-state index >= 15 is 0 Å². The Morgan fingerprint density at radius 3 is 2.78 bits per heavy atom. The number of methoxy groups -OCH3 is 1. The summed E-state index contributed by atoms with van der Waals surface area (Å²) in [5.74, 6) is -0.0297. The van der Waals surface area contributed by atoms with Crippen LogP contribution in [0.5, 0.6) is 5.75 Å². The zero-order valence-corrected chi connectivity index (χ0v) is 17.1. The Kier molecular flexibility index (Phi) is 8.07. The first-order valence-electron chi connectivity index (χ1n) is 9.60. The van der Waals surface area contributed by atoms with Crippen LogP contribution in [-0.2, 0) is 10.0 Å². The van der Waals surface area contributed by atoms with E-state index in [9.17, 15) is 13.2 Å². The Balaban J connectivity index is 1.98. The molecular weight excluding hydrogens is 366 g/mol. The summed E-state index contributed by atoms with van der Waals surface area (Å²) in [7, 11) is -2.44. The van der Waals surface area contributed by atoms with Crippen molar-refractivity contribution in [1.82, 2.24) is 10.2 Å². The van der Waals surface area contributed by atoms with Crippen LogP contribution in [-0.4, -0.2) is 52.0 Å². The molecule has 1 aromatic rings. The topological polar surface area (TPSA) is 102 Å². The monoisotopic (exact) mass is 397 g/mol. The lowest BCUT2D eigenvalue weighted by Crippen LogP contribution is -2.40. The van der Waals surface area contributed by atoms with Crippen LogP contribution in [0.1, 0.15) is 55.8 Å². The number of nitrogens with zero attached hydrogens (tertiary/aromatic N) is 1. The maximum Gasteiger partial charge on any atom is 0.255 e. The molecule has 0 saturated carbocycles. The third-order valence-corrected chi connectivity index (χ3v) is 5.95. The van der Waals surface area contributed by atoms with E-state index in [1.165, 1.54) is 51.0 Å². The Morgan fingerprint density at radius 2 is 2.11 bits per heavy atom. The van der Waals surface area contributed by atoms with Gasteiger partial charge in [0.2, 0.25) is 10.0 Å². The van der Waals surface area contributed by atoms with Gasteiger partial charge in [-0.3, -0.25) is 9.69 Å². The fourth-order valence-corrected chi connectivity index (χ4v) is 4.05. The second-order valence-corrected chi connectivity index (χ2v) is 8.57. The van der Waals surface area contributed by atoms with Gasteiger partial charge >= 0.3 is 0 Å². The van der Waals surface area contributed by atoms with Crippen molar-refractivity contribution in [2.45, 2.75) is 56.4 Å². The van der Waals surface area contributed by atoms with Crippen molar-refractivity contribution in [3.63, 3.8) is 0 Å². The number of carbonyl (C=O) groups is 1. The summed E-state index contributed by atoms with van der Waals surface area (Å²) >= 11 is 0. The van der Waals surface area contributed by atoms with Crippen LogP contribution in [0.25, 0.3) is 0 Å². The molecule has 1 unspecified atom stereocenters. The summed E-state index contributed by atoms with van der Waals surface area (Å²) in [4.78, 5) is 15.0. The van der Waals surface area contributed by atoms with Crippen LogP contribution in [0.3, 0.4) is 0 Å². The number of hydrogen-bond donors (Lipinski definition) is 2. The number of amides is 1. The van der Waals surface area contributed by atoms with Gasteiger partial charge in [-0.25, -0.2) is 13.6 Å². The summed E-state index contributed by atoms with van der Waals surface area (Å²) in [6, 6.07) is 4.37. The lowest BCUT2D eigenvalue weighted by Gasteiger charge is -2.24. The standard InChI is InChI=1S/C19H31N3O4S/c1-3-4-5-6-11-22-12-7-8-15(22)14-21-19(23)17-13-16(27(20,24)25)9-10-18(17)26-2/h9-10,13,15H,3-8,11-12,14H2,1-2H3,(H,21,23)(H2,20,24,25). The van der Waals surface area contributed by atoms with Crippen LogP contribution in [0.4, 0.5) is 0 Å². The number of carbonyl (C=O) groups excluding carboxylic acids is 1. The molecule has 1 saturated heterocycles. The summed E-state index contributed by atoms with van der Waals surface area (Å²) in [5.41, 5.74) is 0.177. The third-order valence-electron chi connectivity index (χ3n) is 5.04. The smallest absolute Gasteiger partial charge is 0.255 e. The Morgan fingerprint density at radius 1 is 1.33 bits per heavy atom. The Labute approximate surface area is 162 Å². The van der Waals surface area contributed by atoms with Gasteiger partial charge in [-0.2, -0.15) is 0 Å². The molecule has 1 aliphatic heterocycles. The van der Waals surface area contributed by atoms with Gasteiger partial charge < -0.3 is 10.1 Å². The molecule has 1 atom stereocenters. The van der Waals surface area contributed by atoms with Gasteiger partial charge in [0.1, 0.15) is 5.75 Å². The molecule has 2 rings (SSSR count). The lowest BCUT2D eigenvalue weighted by molar-refractivity contribution is 0.0937. The first-order valence-corrected chi connectivity index (χ1v) is 11.1. The maximum atomic E-state index is 12.6. The molecule has 1 aliphatic rings. The minimum Gasteiger partial charge on any atom is -0.496 e. The van der Waals surface area contributed by atoms with E-state index in [4.69, 9.17) is 9.88 Å². The van der Waals surface area contributed by atoms with E-state index in [2.05, 4.69) is 17.1 Å². The van der Waals surface area contributed by atoms with Gasteiger partial charge in [0, 0.05) is 12.6 Å². The van der Waals surface area contributed by atoms with E-state index in [0.29, 0.717) is 18.3 Å². The van der Waals surface area contributed by atoms with Crippen LogP contribution in [0.2, 0.25) is 0 Å². The predicted octanol–water partition coefficient (Wildman–Crippen LogP) is 2.12. The highest BCUT2D eigenvalue weighted by Crippen LogP contribution is 2.22. The lowest BCUT2D eigenvalue weighted by atomic mass is 10.1. The molecule has 0 aliphatic carbocycles. The van der Waals surface area contributed by atoms with Crippen molar-refractivity contribution < 1.29 is 17.9 Å². The number of primary sulfonamides is 1. The molecule has 1 amide bonds. The quantitative estimate of drug-likeness (QED) is 0.589. The fourth-order valence-electron chi connectivity index (χ4n) is 3.51. The SMILES string of the molecule is CCCCCCN1CCCC1CNC(=O)c1cc(S(N)(=O)=O)ccc1OC. The fraction of sp³-hybridized carbons (Fsp3) is 0.632. The number of rotatable bonds is 10. The molecule has 7 nitrogen and oxygen atoms in total. The number of nitrogens with two attached hydrogens (primary N) is 1. The van der Waals surface area contributed by atoms with Crippen LogP contribution in [0.15, 0.2) is 23.1 Å². The molecule has 0 bridgehead atoms. The van der Waals surface area contributed by atoms with Crippen molar-refractivity contribution in [3.05, 3.63) is 23.8 Å². The molecule has 1 heterocycles. The van der Waals surface area contributed by atoms with Crippen molar-refractivity contribution in [2.24, 2.45) is 5.14 Å². The van der Waals surface area contributed by atoms with Crippen molar-refractivity contribution in [3.8, 4) is 5.75 Å². The van der Waals surface area contributed by atoms with Gasteiger partial charge in [-0.05, 0) is 50.6 Å². The highest BCUT2D eigenvalue weighted by atomic mass is 32.2. The number of nitrogens with one attached hydrogen (secondary N) is 1. The average Bonchev–Trinajstić information content (AvgIpc) is 3.09. The minimum absolute atomic E-state index is 0.105. The van der Waals surface area contributed by atoms with Gasteiger partial charge in [0.15, 0.2) is 0 Å². The third kappa shape index (κ3) is 6.19. The van der Waals surface area contributed by atoms with Gasteiger partial charge in [-0.1, -0.05) is 26.2 Å². The van der Waals surface area contributed by atoms with E-state index in [0.717, 1.165) is 25.9 Å². The van der Waals surface area contributed by atoms with E-state index in [1.54, 1.807) is 0 Å². The van der Waals surface area contributed by atoms with E-state index in [1.807, 2.05) is 0 Å². The van der Waals surface area contributed by atoms with E-state index < -0.39 is 10.0 Å². The van der Waals surface area contributed by atoms with Crippen molar-refractivity contribution in [1.29, 1.82) is 0 Å². The second-order valence-electron chi connectivity index (χ2n) is 7.01. The van der Waals surface area contributed by atoms with Crippen molar-refractivity contribution in [2.75, 3.05) is 26.7 Å². The number of benzene rings is 1. The highest BCUT2D eigenvalue weighted by Gasteiger charge is 2.25. The molecule has 0 radical (unpaired) electrons. The van der Waals surface area contributed by atoms with Gasteiger partial charge in [0.05, 0.1) is 17.6 Å². The molecule has 0 spiro atoms. The molecule has 27 heavy (non-hydrogen) atoms. The van der Waals surface area contributed by atoms with Crippen molar-refractivity contribution >= 4 is 15.9 Å². The zero-order chi connectivity index (χ0) is 19.9. The molecule has 152 valence electrons. The number of ether oxygens (including phenoxy) is 1. The molecule has 3 N–H and O–H groups in total. The zero-order valence-electron chi connectivity index (χ0n) is 16.2. The summed E-state index contributed by atoms with van der Waals surface area (Å²) in [5, 5.41) is 8.10. The number of sulfonamides is 1. The maximum absolute atomic E-state index is 12.6. The number of likely N-dealkylation sites (tertiary alicyclic amines) is 1. The average molecular weight is 398 g/mol. The highest BCUT2D eigenvalue weighted by molar-refractivity contribution is 7.89. The summed E-state index contributed by atoms with van der Waals surface area (Å²) in [6.07, 6.45) is 7.10. The molecule has 8 heteroatoms. The molecule has 1 fully saturated rings. The van der Waals surface area contributed by atoms with Gasteiger partial charge in [0.25, 0.3) is 5.91 Å². The first kappa shape index (κ1) is 21.7. The van der Waals surface area contributed by atoms with Crippen LogP contribution < -0.4 is 15.2 Å². The number of unbranched alkanes of at least 4 members (excludes halogenated alkanes) is 3.